The Hall–Kier alpha value is -2.69. The highest BCUT2D eigenvalue weighted by atomic mass is 16.5. The molecule has 23 heavy (non-hydrogen) atoms. The van der Waals surface area contributed by atoms with Gasteiger partial charge in [-0.1, -0.05) is 30.3 Å². The summed E-state index contributed by atoms with van der Waals surface area (Å²) in [5.41, 5.74) is 8.58. The van der Waals surface area contributed by atoms with Gasteiger partial charge in [0.15, 0.2) is 0 Å². The molecular weight excluding hydrogens is 290 g/mol. The highest BCUT2D eigenvalue weighted by Crippen LogP contribution is 2.32. The lowest BCUT2D eigenvalue weighted by atomic mass is 10.1. The van der Waals surface area contributed by atoms with E-state index in [2.05, 4.69) is 17.4 Å². The van der Waals surface area contributed by atoms with E-state index in [1.54, 1.807) is 6.07 Å². The zero-order valence-corrected chi connectivity index (χ0v) is 13.0. The molecule has 0 aliphatic carbocycles. The Morgan fingerprint density at radius 2 is 2.04 bits per heavy atom. The molecule has 1 aliphatic heterocycles. The molecule has 0 spiro atoms. The number of hydrogen-bond acceptors (Lipinski definition) is 4. The molecule has 2 aromatic rings. The molecule has 0 aromatic heterocycles. The largest absolute Gasteiger partial charge is 0.489 e. The minimum Gasteiger partial charge on any atom is -0.489 e. The third-order valence-corrected chi connectivity index (χ3v) is 3.86. The fraction of sp³-hybridized carbons (Fsp3) is 0.278. The van der Waals surface area contributed by atoms with Gasteiger partial charge in [-0.05, 0) is 24.1 Å². The minimum absolute atomic E-state index is 0.0191. The molecule has 5 nitrogen and oxygen atoms in total. The van der Waals surface area contributed by atoms with Gasteiger partial charge < -0.3 is 20.7 Å². The van der Waals surface area contributed by atoms with Gasteiger partial charge in [0.2, 0.25) is 5.91 Å². The molecule has 0 fully saturated rings. The number of carbonyl (C=O) groups excluding carboxylic acids is 1. The van der Waals surface area contributed by atoms with E-state index in [-0.39, 0.29) is 5.91 Å². The van der Waals surface area contributed by atoms with E-state index in [9.17, 15) is 4.79 Å². The van der Waals surface area contributed by atoms with Crippen molar-refractivity contribution in [2.45, 2.75) is 6.42 Å². The molecule has 0 atom stereocenters. The van der Waals surface area contributed by atoms with Crippen LogP contribution in [0.3, 0.4) is 0 Å². The number of nitrogen functional groups attached to an aromatic ring is 1. The predicted molar refractivity (Wildman–Crippen MR) is 91.7 cm³/mol. The van der Waals surface area contributed by atoms with E-state index >= 15 is 0 Å². The number of ether oxygens (including phenoxy) is 1. The summed E-state index contributed by atoms with van der Waals surface area (Å²) in [5, 5.41) is 2.97. The molecule has 0 saturated heterocycles. The van der Waals surface area contributed by atoms with E-state index in [0.29, 0.717) is 31.9 Å². The van der Waals surface area contributed by atoms with Gasteiger partial charge in [0.1, 0.15) is 12.4 Å². The third-order valence-electron chi connectivity index (χ3n) is 3.86. The smallest absolute Gasteiger partial charge is 0.239 e. The number of amides is 1. The highest BCUT2D eigenvalue weighted by Gasteiger charge is 2.20. The average Bonchev–Trinajstić information content (AvgIpc) is 2.56. The summed E-state index contributed by atoms with van der Waals surface area (Å²) in [7, 11) is 0. The van der Waals surface area contributed by atoms with Crippen molar-refractivity contribution in [3.8, 4) is 5.75 Å². The number of nitrogens with two attached hydrogens (primary N) is 1. The van der Waals surface area contributed by atoms with Crippen LogP contribution in [0.4, 0.5) is 11.4 Å². The Kier molecular flexibility index (Phi) is 4.66. The molecule has 3 rings (SSSR count). The van der Waals surface area contributed by atoms with E-state index in [1.807, 2.05) is 35.2 Å². The minimum atomic E-state index is 0.0191. The van der Waals surface area contributed by atoms with Gasteiger partial charge in [-0.25, -0.2) is 0 Å². The molecule has 1 heterocycles. The van der Waals surface area contributed by atoms with E-state index in [1.165, 1.54) is 5.56 Å². The number of benzene rings is 2. The number of nitrogens with one attached hydrogen (secondary N) is 1. The lowest BCUT2D eigenvalue weighted by molar-refractivity contribution is -0.119. The highest BCUT2D eigenvalue weighted by molar-refractivity contribution is 5.82. The molecule has 120 valence electrons. The van der Waals surface area contributed by atoms with Crippen molar-refractivity contribution in [2.24, 2.45) is 0 Å². The quantitative estimate of drug-likeness (QED) is 0.827. The molecule has 1 aliphatic rings. The van der Waals surface area contributed by atoms with Crippen molar-refractivity contribution in [2.75, 3.05) is 36.9 Å². The van der Waals surface area contributed by atoms with Gasteiger partial charge in [0.25, 0.3) is 0 Å². The summed E-state index contributed by atoms with van der Waals surface area (Å²) < 4.78 is 5.60. The van der Waals surface area contributed by atoms with Crippen LogP contribution in [0.1, 0.15) is 5.56 Å². The van der Waals surface area contributed by atoms with Crippen molar-refractivity contribution >= 4 is 17.3 Å². The Morgan fingerprint density at radius 1 is 1.22 bits per heavy atom. The second kappa shape index (κ2) is 7.05. The van der Waals surface area contributed by atoms with Gasteiger partial charge in [0, 0.05) is 18.3 Å². The van der Waals surface area contributed by atoms with Crippen molar-refractivity contribution in [3.05, 3.63) is 54.1 Å². The number of rotatable bonds is 5. The predicted octanol–water partition coefficient (Wildman–Crippen LogP) is 1.83. The Morgan fingerprint density at radius 3 is 2.87 bits per heavy atom. The van der Waals surface area contributed by atoms with Gasteiger partial charge in [-0.2, -0.15) is 0 Å². The summed E-state index contributed by atoms with van der Waals surface area (Å²) in [6, 6.07) is 15.7. The second-order valence-electron chi connectivity index (χ2n) is 5.58. The summed E-state index contributed by atoms with van der Waals surface area (Å²) in [6.07, 6.45) is 0.836. The number of hydrogen-bond donors (Lipinski definition) is 2. The number of nitrogens with zero attached hydrogens (tertiary/aromatic N) is 1. The molecule has 0 unspecified atom stereocenters. The van der Waals surface area contributed by atoms with Crippen molar-refractivity contribution in [1.82, 2.24) is 5.32 Å². The van der Waals surface area contributed by atoms with E-state index < -0.39 is 0 Å². The standard InChI is InChI=1S/C18H21N3O2/c19-15-6-7-16-17(12-15)23-11-10-21(16)13-18(22)20-9-8-14-4-2-1-3-5-14/h1-7,12H,8-11,13,19H2,(H,20,22). The maximum atomic E-state index is 12.2. The van der Waals surface area contributed by atoms with Crippen LogP contribution >= 0.6 is 0 Å². The Bertz CT molecular complexity index is 673. The first-order valence-electron chi connectivity index (χ1n) is 7.80. The fourth-order valence-electron chi connectivity index (χ4n) is 2.68. The summed E-state index contributed by atoms with van der Waals surface area (Å²) in [6.45, 7) is 2.23. The molecule has 0 bridgehead atoms. The van der Waals surface area contributed by atoms with Crippen LogP contribution in [0, 0.1) is 0 Å². The first-order valence-corrected chi connectivity index (χ1v) is 7.80. The van der Waals surface area contributed by atoms with Crippen molar-refractivity contribution < 1.29 is 9.53 Å². The summed E-state index contributed by atoms with van der Waals surface area (Å²) >= 11 is 0. The molecule has 1 amide bonds. The van der Waals surface area contributed by atoms with Crippen molar-refractivity contribution in [3.63, 3.8) is 0 Å². The van der Waals surface area contributed by atoms with Crippen LogP contribution in [0.5, 0.6) is 5.75 Å². The molecule has 3 N–H and O–H groups in total. The SMILES string of the molecule is Nc1ccc2c(c1)OCCN2CC(=O)NCCc1ccccc1. The Labute approximate surface area is 136 Å². The van der Waals surface area contributed by atoms with Crippen LogP contribution in [-0.4, -0.2) is 32.1 Å². The van der Waals surface area contributed by atoms with Gasteiger partial charge >= 0.3 is 0 Å². The van der Waals surface area contributed by atoms with E-state index in [0.717, 1.165) is 17.9 Å². The topological polar surface area (TPSA) is 67.6 Å². The zero-order valence-electron chi connectivity index (χ0n) is 13.0. The monoisotopic (exact) mass is 311 g/mol. The number of anilines is 2. The van der Waals surface area contributed by atoms with Crippen LogP contribution in [-0.2, 0) is 11.2 Å². The molecule has 0 saturated carbocycles. The van der Waals surface area contributed by atoms with E-state index in [4.69, 9.17) is 10.5 Å². The first kappa shape index (κ1) is 15.2. The Balaban J connectivity index is 1.53. The second-order valence-corrected chi connectivity index (χ2v) is 5.58. The number of fused-ring (bicyclic) bond motifs is 1. The van der Waals surface area contributed by atoms with Crippen LogP contribution < -0.4 is 20.7 Å². The van der Waals surface area contributed by atoms with Crippen LogP contribution in [0.25, 0.3) is 0 Å². The molecule has 2 aromatic carbocycles. The maximum Gasteiger partial charge on any atom is 0.239 e. The number of carbonyl (C=O) groups is 1. The normalized spacial score (nSPS) is 13.1. The van der Waals surface area contributed by atoms with Gasteiger partial charge in [-0.15, -0.1) is 0 Å². The average molecular weight is 311 g/mol. The van der Waals surface area contributed by atoms with Gasteiger partial charge in [-0.3, -0.25) is 4.79 Å². The van der Waals surface area contributed by atoms with Crippen LogP contribution in [0.15, 0.2) is 48.5 Å². The zero-order chi connectivity index (χ0) is 16.1. The summed E-state index contributed by atoms with van der Waals surface area (Å²) in [4.78, 5) is 14.2. The fourth-order valence-corrected chi connectivity index (χ4v) is 2.68. The maximum absolute atomic E-state index is 12.2. The van der Waals surface area contributed by atoms with Gasteiger partial charge in [0.05, 0.1) is 18.8 Å². The van der Waals surface area contributed by atoms with Crippen molar-refractivity contribution in [1.29, 1.82) is 0 Å². The summed E-state index contributed by atoms with van der Waals surface area (Å²) in [5.74, 6) is 0.763. The van der Waals surface area contributed by atoms with Crippen LogP contribution in [0.2, 0.25) is 0 Å². The molecule has 5 heteroatoms. The lowest BCUT2D eigenvalue weighted by Gasteiger charge is -2.30. The molecule has 0 radical (unpaired) electrons. The molecular formula is C18H21N3O2. The third kappa shape index (κ3) is 3.94. The lowest BCUT2D eigenvalue weighted by Crippen LogP contribution is -2.41. The first-order chi connectivity index (χ1) is 11.2.